The summed E-state index contributed by atoms with van der Waals surface area (Å²) in [6.07, 6.45) is -6.85. The van der Waals surface area contributed by atoms with E-state index in [9.17, 15) is 27.2 Å². The third-order valence-electron chi connectivity index (χ3n) is 4.76. The van der Waals surface area contributed by atoms with Gasteiger partial charge in [0.2, 0.25) is 0 Å². The monoisotopic (exact) mass is 533 g/mol. The van der Waals surface area contributed by atoms with Crippen LogP contribution < -0.4 is 15.8 Å². The van der Waals surface area contributed by atoms with E-state index in [2.05, 4.69) is 10.3 Å². The number of aryl methyl sites for hydroxylation is 1. The van der Waals surface area contributed by atoms with Crippen LogP contribution in [0.15, 0.2) is 30.3 Å². The molecule has 1 unspecified atom stereocenters. The van der Waals surface area contributed by atoms with E-state index in [1.54, 1.807) is 6.92 Å². The molecular weight excluding hydrogens is 517 g/mol. The summed E-state index contributed by atoms with van der Waals surface area (Å²) in [4.78, 5) is 28.9. The Hall–Kier alpha value is -3.25. The molecule has 0 aliphatic carbocycles. The molecule has 35 heavy (non-hydrogen) atoms. The molecule has 3 rings (SSSR count). The number of carbonyl (C=O) groups is 2. The number of anilines is 1. The lowest BCUT2D eigenvalue weighted by Crippen LogP contribution is -2.32. The highest BCUT2D eigenvalue weighted by molar-refractivity contribution is 7.15. The number of hydrogen-bond donors (Lipinski definition) is 2. The summed E-state index contributed by atoms with van der Waals surface area (Å²) in [6, 6.07) is 5.04. The number of benzene rings is 2. The zero-order valence-electron chi connectivity index (χ0n) is 18.1. The Bertz CT molecular complexity index is 1280. The highest BCUT2D eigenvalue weighted by Gasteiger charge is 2.39. The van der Waals surface area contributed by atoms with Crippen molar-refractivity contribution in [1.82, 2.24) is 4.98 Å². The summed E-state index contributed by atoms with van der Waals surface area (Å²) in [5.41, 5.74) is 3.78. The van der Waals surface area contributed by atoms with Crippen molar-refractivity contribution in [3.63, 3.8) is 0 Å². The topological polar surface area (TPSA) is 94.3 Å². The van der Waals surface area contributed by atoms with E-state index in [1.807, 2.05) is 0 Å². The fourth-order valence-corrected chi connectivity index (χ4v) is 4.18. The first kappa shape index (κ1) is 26.4. The Labute approximate surface area is 204 Å². The molecule has 0 fully saturated rings. The zero-order chi connectivity index (χ0) is 26.1. The number of hydrogen-bond acceptors (Lipinski definition) is 5. The lowest BCUT2D eigenvalue weighted by Gasteiger charge is -2.20. The summed E-state index contributed by atoms with van der Waals surface area (Å²) < 4.78 is 73.7. The van der Waals surface area contributed by atoms with Gasteiger partial charge in [-0.05, 0) is 37.6 Å². The normalized spacial score (nSPS) is 12.3. The zero-order valence-corrected chi connectivity index (χ0v) is 19.7. The molecule has 1 heterocycles. The molecule has 0 saturated heterocycles. The SMILES string of the molecule is CCc1sc(-c2cc(OC(C)C(F)(F)F)c(C(=O)Nc3c(F)cccc3Cl)cc2F)nc1C(N)=O. The van der Waals surface area contributed by atoms with E-state index in [-0.39, 0.29) is 21.3 Å². The Kier molecular flexibility index (Phi) is 7.65. The Morgan fingerprint density at radius 2 is 1.91 bits per heavy atom. The first-order valence-corrected chi connectivity index (χ1v) is 11.1. The average molecular weight is 534 g/mol. The third-order valence-corrected chi connectivity index (χ3v) is 6.31. The maximum atomic E-state index is 15.1. The molecule has 1 aromatic heterocycles. The van der Waals surface area contributed by atoms with Crippen molar-refractivity contribution in [2.75, 3.05) is 5.32 Å². The first-order chi connectivity index (χ1) is 16.3. The average Bonchev–Trinajstić information content (AvgIpc) is 3.21. The molecule has 186 valence electrons. The minimum atomic E-state index is -4.81. The summed E-state index contributed by atoms with van der Waals surface area (Å²) >= 11 is 6.80. The van der Waals surface area contributed by atoms with E-state index in [1.165, 1.54) is 12.1 Å². The molecular formula is C22H17ClF5N3O3S. The number of alkyl halides is 3. The van der Waals surface area contributed by atoms with Crippen LogP contribution in [0.5, 0.6) is 5.75 Å². The van der Waals surface area contributed by atoms with Crippen LogP contribution in [-0.4, -0.2) is 29.1 Å². The van der Waals surface area contributed by atoms with Gasteiger partial charge in [-0.25, -0.2) is 13.8 Å². The van der Waals surface area contributed by atoms with E-state index < -0.39 is 52.7 Å². The van der Waals surface area contributed by atoms with Crippen molar-refractivity contribution in [1.29, 1.82) is 0 Å². The van der Waals surface area contributed by atoms with Crippen LogP contribution in [0.25, 0.3) is 10.6 Å². The van der Waals surface area contributed by atoms with Crippen molar-refractivity contribution in [3.8, 4) is 16.3 Å². The number of para-hydroxylation sites is 1. The highest BCUT2D eigenvalue weighted by atomic mass is 35.5. The molecule has 2 amide bonds. The van der Waals surface area contributed by atoms with Gasteiger partial charge in [0.05, 0.1) is 16.3 Å². The Morgan fingerprint density at radius 3 is 2.46 bits per heavy atom. The number of amides is 2. The Balaban J connectivity index is 2.12. The van der Waals surface area contributed by atoms with Gasteiger partial charge in [-0.1, -0.05) is 24.6 Å². The van der Waals surface area contributed by atoms with Crippen LogP contribution in [0.3, 0.4) is 0 Å². The van der Waals surface area contributed by atoms with Crippen molar-refractivity contribution in [2.45, 2.75) is 32.5 Å². The fraction of sp³-hybridized carbons (Fsp3) is 0.227. The molecule has 6 nitrogen and oxygen atoms in total. The largest absolute Gasteiger partial charge is 0.480 e. The molecule has 0 radical (unpaired) electrons. The van der Waals surface area contributed by atoms with Crippen molar-refractivity contribution in [2.24, 2.45) is 5.73 Å². The van der Waals surface area contributed by atoms with Gasteiger partial charge in [0.15, 0.2) is 6.10 Å². The predicted molar refractivity (Wildman–Crippen MR) is 121 cm³/mol. The number of aromatic nitrogens is 1. The van der Waals surface area contributed by atoms with Crippen LogP contribution in [0.4, 0.5) is 27.6 Å². The standard InChI is InChI=1S/C22H17ClF5N3O3S/c1-3-16-18(19(29)32)31-21(35-16)10-8-15(34-9(2)22(26,27)28)11(7-14(10)25)20(33)30-17-12(23)5-4-6-13(17)24/h4-9H,3H2,1-2H3,(H2,29,32)(H,30,33). The van der Waals surface area contributed by atoms with E-state index in [0.717, 1.165) is 23.5 Å². The number of nitrogens with two attached hydrogens (primary N) is 1. The molecule has 3 aromatic rings. The molecule has 1 atom stereocenters. The van der Waals surface area contributed by atoms with Gasteiger partial charge in [-0.15, -0.1) is 11.3 Å². The number of primary amides is 1. The number of rotatable bonds is 7. The van der Waals surface area contributed by atoms with Gasteiger partial charge in [0.25, 0.3) is 11.8 Å². The second-order valence-corrected chi connectivity index (χ2v) is 8.68. The quantitative estimate of drug-likeness (QED) is 0.365. The maximum absolute atomic E-state index is 15.1. The third kappa shape index (κ3) is 5.70. The molecule has 0 saturated carbocycles. The van der Waals surface area contributed by atoms with Crippen LogP contribution in [-0.2, 0) is 6.42 Å². The van der Waals surface area contributed by atoms with Gasteiger partial charge < -0.3 is 15.8 Å². The lowest BCUT2D eigenvalue weighted by molar-refractivity contribution is -0.189. The van der Waals surface area contributed by atoms with Gasteiger partial charge in [0.1, 0.15) is 28.1 Å². The van der Waals surface area contributed by atoms with E-state index in [0.29, 0.717) is 24.3 Å². The van der Waals surface area contributed by atoms with Gasteiger partial charge in [0, 0.05) is 10.4 Å². The Morgan fingerprint density at radius 1 is 1.23 bits per heavy atom. The molecule has 13 heteroatoms. The maximum Gasteiger partial charge on any atom is 0.425 e. The molecule has 2 aromatic carbocycles. The second kappa shape index (κ2) is 10.2. The number of nitrogens with one attached hydrogen (secondary N) is 1. The molecule has 0 spiro atoms. The molecule has 0 aliphatic rings. The minimum absolute atomic E-state index is 0.0539. The van der Waals surface area contributed by atoms with Crippen LogP contribution >= 0.6 is 22.9 Å². The summed E-state index contributed by atoms with van der Waals surface area (Å²) in [7, 11) is 0. The number of halogens is 6. The van der Waals surface area contributed by atoms with Crippen molar-refractivity contribution < 1.29 is 36.3 Å². The van der Waals surface area contributed by atoms with E-state index in [4.69, 9.17) is 22.1 Å². The van der Waals surface area contributed by atoms with Crippen molar-refractivity contribution in [3.05, 3.63) is 63.1 Å². The fourth-order valence-electron chi connectivity index (χ4n) is 2.95. The van der Waals surface area contributed by atoms with Crippen LogP contribution in [0.1, 0.15) is 39.6 Å². The number of nitrogens with zero attached hydrogens (tertiary/aromatic N) is 1. The predicted octanol–water partition coefficient (Wildman–Crippen LogP) is 5.98. The summed E-state index contributed by atoms with van der Waals surface area (Å²) in [5.74, 6) is -4.63. The van der Waals surface area contributed by atoms with Crippen molar-refractivity contribution >= 4 is 40.4 Å². The minimum Gasteiger partial charge on any atom is -0.480 e. The molecule has 3 N–H and O–H groups in total. The second-order valence-electron chi connectivity index (χ2n) is 7.19. The summed E-state index contributed by atoms with van der Waals surface area (Å²) in [5, 5.41) is 1.88. The van der Waals surface area contributed by atoms with E-state index >= 15 is 4.39 Å². The summed E-state index contributed by atoms with van der Waals surface area (Å²) in [6.45, 7) is 2.41. The van der Waals surface area contributed by atoms with Crippen LogP contribution in [0.2, 0.25) is 5.02 Å². The number of carbonyl (C=O) groups excluding carboxylic acids is 2. The number of ether oxygens (including phenoxy) is 1. The highest BCUT2D eigenvalue weighted by Crippen LogP contribution is 2.37. The smallest absolute Gasteiger partial charge is 0.425 e. The van der Waals surface area contributed by atoms with Gasteiger partial charge >= 0.3 is 6.18 Å². The van der Waals surface area contributed by atoms with Gasteiger partial charge in [-0.3, -0.25) is 9.59 Å². The van der Waals surface area contributed by atoms with Gasteiger partial charge in [-0.2, -0.15) is 13.2 Å². The van der Waals surface area contributed by atoms with Crippen LogP contribution in [0, 0.1) is 11.6 Å². The first-order valence-electron chi connectivity index (χ1n) is 9.95. The lowest BCUT2D eigenvalue weighted by atomic mass is 10.1. The number of thiazole rings is 1. The molecule has 0 aliphatic heterocycles. The molecule has 0 bridgehead atoms.